The SMILES string of the molecule is COCC(C)C(=O)N1CCNC[C@H]1C. The van der Waals surface area contributed by atoms with Crippen molar-refractivity contribution < 1.29 is 9.53 Å². The minimum atomic E-state index is -0.0273. The van der Waals surface area contributed by atoms with E-state index in [1.165, 1.54) is 0 Å². The number of piperazine rings is 1. The summed E-state index contributed by atoms with van der Waals surface area (Å²) in [7, 11) is 1.63. The Labute approximate surface area is 85.6 Å². The molecule has 1 aliphatic rings. The van der Waals surface area contributed by atoms with E-state index in [-0.39, 0.29) is 11.8 Å². The quantitative estimate of drug-likeness (QED) is 0.702. The van der Waals surface area contributed by atoms with Gasteiger partial charge in [-0.15, -0.1) is 0 Å². The molecule has 4 nitrogen and oxygen atoms in total. The van der Waals surface area contributed by atoms with Crippen LogP contribution in [0, 0.1) is 5.92 Å². The van der Waals surface area contributed by atoms with Gasteiger partial charge in [0.15, 0.2) is 0 Å². The third kappa shape index (κ3) is 2.69. The van der Waals surface area contributed by atoms with Gasteiger partial charge in [0.2, 0.25) is 5.91 Å². The van der Waals surface area contributed by atoms with E-state index >= 15 is 0 Å². The molecule has 0 radical (unpaired) electrons. The van der Waals surface area contributed by atoms with Gasteiger partial charge in [0.1, 0.15) is 0 Å². The van der Waals surface area contributed by atoms with E-state index in [9.17, 15) is 4.79 Å². The number of rotatable bonds is 3. The Bertz CT molecular complexity index is 197. The Balaban J connectivity index is 2.49. The fourth-order valence-electron chi connectivity index (χ4n) is 1.77. The van der Waals surface area contributed by atoms with Crippen LogP contribution < -0.4 is 5.32 Å². The van der Waals surface area contributed by atoms with Crippen molar-refractivity contribution in [3.63, 3.8) is 0 Å². The molecule has 0 saturated carbocycles. The largest absolute Gasteiger partial charge is 0.384 e. The molecule has 0 aliphatic carbocycles. The van der Waals surface area contributed by atoms with Crippen molar-refractivity contribution in [2.75, 3.05) is 33.4 Å². The zero-order valence-corrected chi connectivity index (χ0v) is 9.25. The maximum Gasteiger partial charge on any atom is 0.228 e. The number of carbonyl (C=O) groups is 1. The van der Waals surface area contributed by atoms with Crippen LogP contribution in [0.25, 0.3) is 0 Å². The van der Waals surface area contributed by atoms with Crippen LogP contribution in [0.3, 0.4) is 0 Å². The van der Waals surface area contributed by atoms with Crippen LogP contribution >= 0.6 is 0 Å². The highest BCUT2D eigenvalue weighted by Gasteiger charge is 2.26. The summed E-state index contributed by atoms with van der Waals surface area (Å²) in [5.41, 5.74) is 0. The number of hydrogen-bond acceptors (Lipinski definition) is 3. The fourth-order valence-corrected chi connectivity index (χ4v) is 1.77. The maximum atomic E-state index is 11.9. The minimum absolute atomic E-state index is 0.0273. The predicted molar refractivity (Wildman–Crippen MR) is 55.1 cm³/mol. The molecule has 1 saturated heterocycles. The minimum Gasteiger partial charge on any atom is -0.384 e. The van der Waals surface area contributed by atoms with Crippen LogP contribution in [0.2, 0.25) is 0 Å². The molecular weight excluding hydrogens is 180 g/mol. The summed E-state index contributed by atoms with van der Waals surface area (Å²) in [6.45, 7) is 7.11. The van der Waals surface area contributed by atoms with Crippen LogP contribution in [0.4, 0.5) is 0 Å². The molecule has 1 rings (SSSR count). The number of nitrogens with one attached hydrogen (secondary N) is 1. The Morgan fingerprint density at radius 1 is 1.71 bits per heavy atom. The average Bonchev–Trinajstić information content (AvgIpc) is 2.18. The van der Waals surface area contributed by atoms with E-state index in [1.807, 2.05) is 11.8 Å². The fraction of sp³-hybridized carbons (Fsp3) is 0.900. The molecule has 0 spiro atoms. The molecule has 1 amide bonds. The van der Waals surface area contributed by atoms with Crippen LogP contribution in [-0.4, -0.2) is 50.2 Å². The Morgan fingerprint density at radius 2 is 2.43 bits per heavy atom. The van der Waals surface area contributed by atoms with Gasteiger partial charge in [-0.25, -0.2) is 0 Å². The highest BCUT2D eigenvalue weighted by molar-refractivity contribution is 5.79. The van der Waals surface area contributed by atoms with E-state index in [4.69, 9.17) is 4.74 Å². The second-order valence-corrected chi connectivity index (χ2v) is 3.94. The zero-order valence-electron chi connectivity index (χ0n) is 9.25. The Kier molecular flexibility index (Phi) is 4.35. The van der Waals surface area contributed by atoms with Gasteiger partial charge in [-0.2, -0.15) is 0 Å². The monoisotopic (exact) mass is 200 g/mol. The number of hydrogen-bond donors (Lipinski definition) is 1. The smallest absolute Gasteiger partial charge is 0.228 e. The van der Waals surface area contributed by atoms with Crippen molar-refractivity contribution in [3.8, 4) is 0 Å². The summed E-state index contributed by atoms with van der Waals surface area (Å²) >= 11 is 0. The molecule has 0 aromatic rings. The third-order valence-electron chi connectivity index (χ3n) is 2.62. The molecule has 82 valence electrons. The molecule has 1 heterocycles. The van der Waals surface area contributed by atoms with Crippen molar-refractivity contribution in [2.45, 2.75) is 19.9 Å². The van der Waals surface area contributed by atoms with Crippen molar-refractivity contribution in [3.05, 3.63) is 0 Å². The molecule has 0 aromatic carbocycles. The molecule has 1 aliphatic heterocycles. The van der Waals surface area contributed by atoms with E-state index in [1.54, 1.807) is 7.11 Å². The van der Waals surface area contributed by atoms with Crippen LogP contribution in [0.15, 0.2) is 0 Å². The van der Waals surface area contributed by atoms with Crippen molar-refractivity contribution in [2.24, 2.45) is 5.92 Å². The lowest BCUT2D eigenvalue weighted by Crippen LogP contribution is -2.53. The summed E-state index contributed by atoms with van der Waals surface area (Å²) < 4.78 is 4.99. The molecular formula is C10H20N2O2. The van der Waals surface area contributed by atoms with Gasteiger partial charge in [0, 0.05) is 32.8 Å². The van der Waals surface area contributed by atoms with Gasteiger partial charge in [-0.1, -0.05) is 6.92 Å². The standard InChI is InChI=1S/C10H20N2O2/c1-8(7-14-3)10(13)12-5-4-11-6-9(12)2/h8-9,11H,4-7H2,1-3H3/t8?,9-/m1/s1. The maximum absolute atomic E-state index is 11.9. The van der Waals surface area contributed by atoms with E-state index in [0.29, 0.717) is 12.6 Å². The van der Waals surface area contributed by atoms with Crippen LogP contribution in [0.1, 0.15) is 13.8 Å². The lowest BCUT2D eigenvalue weighted by atomic mass is 10.1. The normalized spacial score (nSPS) is 24.8. The lowest BCUT2D eigenvalue weighted by Gasteiger charge is -2.35. The summed E-state index contributed by atoms with van der Waals surface area (Å²) in [4.78, 5) is 13.9. The number of nitrogens with zero attached hydrogens (tertiary/aromatic N) is 1. The Morgan fingerprint density at radius 3 is 3.00 bits per heavy atom. The molecule has 4 heteroatoms. The highest BCUT2D eigenvalue weighted by atomic mass is 16.5. The third-order valence-corrected chi connectivity index (χ3v) is 2.62. The average molecular weight is 200 g/mol. The first-order chi connectivity index (χ1) is 6.66. The van der Waals surface area contributed by atoms with Gasteiger partial charge in [-0.3, -0.25) is 4.79 Å². The molecule has 1 N–H and O–H groups in total. The van der Waals surface area contributed by atoms with Gasteiger partial charge < -0.3 is 15.0 Å². The predicted octanol–water partition coefficient (Wildman–Crippen LogP) is 0.0892. The summed E-state index contributed by atoms with van der Waals surface area (Å²) in [5, 5.41) is 3.27. The molecule has 0 aromatic heterocycles. The van der Waals surface area contributed by atoms with Crippen molar-refractivity contribution >= 4 is 5.91 Å². The van der Waals surface area contributed by atoms with E-state index in [0.717, 1.165) is 19.6 Å². The second-order valence-electron chi connectivity index (χ2n) is 3.94. The van der Waals surface area contributed by atoms with E-state index in [2.05, 4.69) is 12.2 Å². The van der Waals surface area contributed by atoms with E-state index < -0.39 is 0 Å². The van der Waals surface area contributed by atoms with Gasteiger partial charge in [0.25, 0.3) is 0 Å². The van der Waals surface area contributed by atoms with Crippen molar-refractivity contribution in [1.82, 2.24) is 10.2 Å². The topological polar surface area (TPSA) is 41.6 Å². The second kappa shape index (κ2) is 5.32. The molecule has 14 heavy (non-hydrogen) atoms. The first-order valence-corrected chi connectivity index (χ1v) is 5.17. The molecule has 0 bridgehead atoms. The number of methoxy groups -OCH3 is 1. The number of carbonyl (C=O) groups excluding carboxylic acids is 1. The first-order valence-electron chi connectivity index (χ1n) is 5.17. The Hall–Kier alpha value is -0.610. The van der Waals surface area contributed by atoms with Gasteiger partial charge in [-0.05, 0) is 6.92 Å². The van der Waals surface area contributed by atoms with Gasteiger partial charge in [0.05, 0.1) is 12.5 Å². The summed E-state index contributed by atoms with van der Waals surface area (Å²) in [6.07, 6.45) is 0. The first kappa shape index (κ1) is 11.5. The van der Waals surface area contributed by atoms with Crippen LogP contribution in [0.5, 0.6) is 0 Å². The highest BCUT2D eigenvalue weighted by Crippen LogP contribution is 2.09. The lowest BCUT2D eigenvalue weighted by molar-refractivity contribution is -0.139. The van der Waals surface area contributed by atoms with Crippen molar-refractivity contribution in [1.29, 1.82) is 0 Å². The number of ether oxygens (including phenoxy) is 1. The van der Waals surface area contributed by atoms with Gasteiger partial charge >= 0.3 is 0 Å². The molecule has 1 fully saturated rings. The number of amides is 1. The summed E-state index contributed by atoms with van der Waals surface area (Å²) in [5.74, 6) is 0.182. The van der Waals surface area contributed by atoms with Crippen LogP contribution in [-0.2, 0) is 9.53 Å². The zero-order chi connectivity index (χ0) is 10.6. The molecule has 2 atom stereocenters. The molecule has 1 unspecified atom stereocenters. The summed E-state index contributed by atoms with van der Waals surface area (Å²) in [6, 6.07) is 0.301.